The summed E-state index contributed by atoms with van der Waals surface area (Å²) in [6, 6.07) is 7.40. The first-order chi connectivity index (χ1) is 8.19. The fraction of sp³-hybridized carbons (Fsp3) is 0.0909. The lowest BCUT2D eigenvalue weighted by molar-refractivity contribution is 0.502. The molecule has 0 aliphatic carbocycles. The van der Waals surface area contributed by atoms with E-state index < -0.39 is 5.92 Å². The summed E-state index contributed by atoms with van der Waals surface area (Å²) >= 11 is 1.04. The molecule has 0 radical (unpaired) electrons. The average molecular weight is 244 g/mol. The van der Waals surface area contributed by atoms with E-state index in [0.29, 0.717) is 27.0 Å². The van der Waals surface area contributed by atoms with Crippen LogP contribution in [-0.4, -0.2) is 0 Å². The molecule has 4 N–H and O–H groups in total. The molecule has 0 unspecified atom stereocenters. The molecule has 0 saturated heterocycles. The predicted octanol–water partition coefficient (Wildman–Crippen LogP) is 1.50. The molecule has 84 valence electrons. The Balaban J connectivity index is 2.61. The molecule has 2 heterocycles. The number of nitriles is 2. The summed E-state index contributed by atoms with van der Waals surface area (Å²) in [6.07, 6.45) is 1.48. The third-order valence-corrected chi connectivity index (χ3v) is 3.28. The van der Waals surface area contributed by atoms with Crippen LogP contribution >= 0.6 is 11.8 Å². The van der Waals surface area contributed by atoms with Crippen molar-refractivity contribution in [1.82, 2.24) is 0 Å². The Morgan fingerprint density at radius 1 is 1.18 bits per heavy atom. The molecule has 1 aliphatic rings. The highest BCUT2D eigenvalue weighted by Gasteiger charge is 2.32. The van der Waals surface area contributed by atoms with Gasteiger partial charge in [-0.05, 0) is 12.1 Å². The van der Waals surface area contributed by atoms with E-state index in [9.17, 15) is 0 Å². The van der Waals surface area contributed by atoms with Crippen molar-refractivity contribution < 1.29 is 4.42 Å². The number of allylic oxidation sites excluding steroid dienone is 2. The van der Waals surface area contributed by atoms with Gasteiger partial charge in [0.2, 0.25) is 0 Å². The van der Waals surface area contributed by atoms with Crippen LogP contribution in [-0.2, 0) is 0 Å². The largest absolute Gasteiger partial charge is 0.468 e. The van der Waals surface area contributed by atoms with Gasteiger partial charge in [0.1, 0.15) is 5.76 Å². The minimum atomic E-state index is -0.596. The molecule has 0 bridgehead atoms. The molecule has 6 heteroatoms. The summed E-state index contributed by atoms with van der Waals surface area (Å²) in [4.78, 5) is 0. The van der Waals surface area contributed by atoms with Crippen LogP contribution in [0.3, 0.4) is 0 Å². The molecule has 0 aromatic carbocycles. The van der Waals surface area contributed by atoms with Gasteiger partial charge in [-0.1, -0.05) is 11.8 Å². The molecule has 1 aromatic heterocycles. The van der Waals surface area contributed by atoms with Crippen molar-refractivity contribution in [1.29, 1.82) is 10.5 Å². The third-order valence-electron chi connectivity index (χ3n) is 2.40. The summed E-state index contributed by atoms with van der Waals surface area (Å²) in [7, 11) is 0. The van der Waals surface area contributed by atoms with Crippen molar-refractivity contribution in [3.05, 3.63) is 45.4 Å². The number of nitrogens with zero attached hydrogens (tertiary/aromatic N) is 2. The molecule has 0 fully saturated rings. The van der Waals surface area contributed by atoms with E-state index in [2.05, 4.69) is 0 Å². The maximum absolute atomic E-state index is 9.11. The zero-order chi connectivity index (χ0) is 12.4. The van der Waals surface area contributed by atoms with E-state index in [-0.39, 0.29) is 0 Å². The van der Waals surface area contributed by atoms with Crippen LogP contribution in [0.15, 0.2) is 44.0 Å². The van der Waals surface area contributed by atoms with Gasteiger partial charge in [-0.15, -0.1) is 0 Å². The molecule has 1 aliphatic heterocycles. The first kappa shape index (κ1) is 11.2. The topological polar surface area (TPSA) is 113 Å². The van der Waals surface area contributed by atoms with Gasteiger partial charge < -0.3 is 15.9 Å². The number of thioether (sulfide) groups is 1. The molecule has 0 atom stereocenters. The molecule has 1 aromatic rings. The molecule has 0 saturated carbocycles. The van der Waals surface area contributed by atoms with Crippen LogP contribution < -0.4 is 11.5 Å². The number of nitrogens with two attached hydrogens (primary N) is 2. The van der Waals surface area contributed by atoms with Crippen LogP contribution in [0.4, 0.5) is 0 Å². The Kier molecular flexibility index (Phi) is 2.82. The molecule has 2 rings (SSSR count). The zero-order valence-electron chi connectivity index (χ0n) is 8.68. The number of rotatable bonds is 1. The van der Waals surface area contributed by atoms with Gasteiger partial charge in [0, 0.05) is 0 Å². The summed E-state index contributed by atoms with van der Waals surface area (Å²) in [6.45, 7) is 0. The first-order valence-corrected chi connectivity index (χ1v) is 5.51. The van der Waals surface area contributed by atoms with E-state index >= 15 is 0 Å². The van der Waals surface area contributed by atoms with Crippen molar-refractivity contribution in [3.63, 3.8) is 0 Å². The maximum Gasteiger partial charge on any atom is 0.117 e. The van der Waals surface area contributed by atoms with Gasteiger partial charge in [0.15, 0.2) is 0 Å². The summed E-state index contributed by atoms with van der Waals surface area (Å²) in [5.41, 5.74) is 12.1. The SMILES string of the molecule is N#CC1=C(N)SC(N)=C(C#N)C1c1ccco1. The molecular formula is C11H8N4OS. The highest BCUT2D eigenvalue weighted by Crippen LogP contribution is 2.42. The molecular weight excluding hydrogens is 236 g/mol. The Bertz CT molecular complexity index is 550. The summed E-state index contributed by atoms with van der Waals surface area (Å²) in [5.74, 6) is -0.106. The fourth-order valence-corrected chi connectivity index (χ4v) is 2.42. The second kappa shape index (κ2) is 4.28. The number of hydrogen-bond donors (Lipinski definition) is 2. The van der Waals surface area contributed by atoms with Crippen molar-refractivity contribution in [2.75, 3.05) is 0 Å². The van der Waals surface area contributed by atoms with Crippen molar-refractivity contribution in [2.45, 2.75) is 5.92 Å². The highest BCUT2D eigenvalue weighted by molar-refractivity contribution is 8.06. The van der Waals surface area contributed by atoms with Gasteiger partial charge in [-0.25, -0.2) is 0 Å². The number of furan rings is 1. The van der Waals surface area contributed by atoms with E-state index in [1.54, 1.807) is 12.1 Å². The Hall–Kier alpha value is -2.31. The lowest BCUT2D eigenvalue weighted by Crippen LogP contribution is -2.17. The van der Waals surface area contributed by atoms with Gasteiger partial charge >= 0.3 is 0 Å². The van der Waals surface area contributed by atoms with Crippen LogP contribution in [0.5, 0.6) is 0 Å². The minimum absolute atomic E-state index is 0.302. The third kappa shape index (κ3) is 1.75. The molecule has 0 amide bonds. The minimum Gasteiger partial charge on any atom is -0.468 e. The highest BCUT2D eigenvalue weighted by atomic mass is 32.2. The smallest absolute Gasteiger partial charge is 0.117 e. The van der Waals surface area contributed by atoms with E-state index in [0.717, 1.165) is 11.8 Å². The average Bonchev–Trinajstić information content (AvgIpc) is 2.81. The van der Waals surface area contributed by atoms with Gasteiger partial charge in [0.05, 0.1) is 45.5 Å². The predicted molar refractivity (Wildman–Crippen MR) is 62.7 cm³/mol. The Morgan fingerprint density at radius 2 is 1.76 bits per heavy atom. The first-order valence-electron chi connectivity index (χ1n) is 4.69. The second-order valence-corrected chi connectivity index (χ2v) is 4.41. The monoisotopic (exact) mass is 244 g/mol. The van der Waals surface area contributed by atoms with E-state index in [1.165, 1.54) is 6.26 Å². The standard InChI is InChI=1S/C11H8N4OS/c12-4-6-9(8-2-1-3-16-8)7(5-13)11(15)17-10(6)14/h1-3,9H,14-15H2. The Labute approximate surface area is 102 Å². The van der Waals surface area contributed by atoms with Gasteiger partial charge in [0.25, 0.3) is 0 Å². The Morgan fingerprint density at radius 3 is 2.18 bits per heavy atom. The zero-order valence-corrected chi connectivity index (χ0v) is 9.49. The van der Waals surface area contributed by atoms with Crippen LogP contribution in [0.25, 0.3) is 0 Å². The van der Waals surface area contributed by atoms with Crippen molar-refractivity contribution in [2.24, 2.45) is 11.5 Å². The van der Waals surface area contributed by atoms with Crippen LogP contribution in [0.2, 0.25) is 0 Å². The molecule has 0 spiro atoms. The summed E-state index contributed by atoms with van der Waals surface area (Å²) in [5, 5.41) is 18.9. The molecule has 17 heavy (non-hydrogen) atoms. The van der Waals surface area contributed by atoms with E-state index in [1.807, 2.05) is 12.1 Å². The normalized spacial score (nSPS) is 16.8. The van der Waals surface area contributed by atoms with Crippen LogP contribution in [0.1, 0.15) is 11.7 Å². The van der Waals surface area contributed by atoms with Crippen molar-refractivity contribution >= 4 is 11.8 Å². The van der Waals surface area contributed by atoms with Crippen molar-refractivity contribution in [3.8, 4) is 12.1 Å². The molecule has 5 nitrogen and oxygen atoms in total. The fourth-order valence-electron chi connectivity index (χ4n) is 1.64. The quantitative estimate of drug-likeness (QED) is 0.773. The van der Waals surface area contributed by atoms with E-state index in [4.69, 9.17) is 26.4 Å². The lowest BCUT2D eigenvalue weighted by Gasteiger charge is -2.21. The summed E-state index contributed by atoms with van der Waals surface area (Å²) < 4.78 is 5.24. The van der Waals surface area contributed by atoms with Gasteiger partial charge in [-0.2, -0.15) is 10.5 Å². The maximum atomic E-state index is 9.11. The number of hydrogen-bond acceptors (Lipinski definition) is 6. The lowest BCUT2D eigenvalue weighted by atomic mass is 9.90. The van der Waals surface area contributed by atoms with Crippen LogP contribution in [0, 0.1) is 22.7 Å². The second-order valence-electron chi connectivity index (χ2n) is 3.33. The van der Waals surface area contributed by atoms with Gasteiger partial charge in [-0.3, -0.25) is 0 Å².